The zero-order valence-corrected chi connectivity index (χ0v) is 14.0. The van der Waals surface area contributed by atoms with Crippen LogP contribution in [0.2, 0.25) is 0 Å². The average Bonchev–Trinajstić information content (AvgIpc) is 2.63. The van der Waals surface area contributed by atoms with Gasteiger partial charge in [-0.25, -0.2) is 8.78 Å². The Hall–Kier alpha value is -3.29. The number of aromatic nitrogens is 3. The fourth-order valence-corrected chi connectivity index (χ4v) is 2.34. The highest BCUT2D eigenvalue weighted by atomic mass is 19.2. The first kappa shape index (κ1) is 17.5. The van der Waals surface area contributed by atoms with E-state index in [0.29, 0.717) is 0 Å². The number of aryl methyl sites for hydroxylation is 1. The van der Waals surface area contributed by atoms with E-state index in [0.717, 1.165) is 29.8 Å². The topological polar surface area (TPSA) is 86.0 Å². The number of rotatable bonds is 6. The molecule has 0 amide bonds. The fourth-order valence-electron chi connectivity index (χ4n) is 2.34. The highest BCUT2D eigenvalue weighted by Gasteiger charge is 2.09. The van der Waals surface area contributed by atoms with Gasteiger partial charge in [-0.15, -0.1) is 0 Å². The Labute approximate surface area is 149 Å². The smallest absolute Gasteiger partial charge is 0.232 e. The van der Waals surface area contributed by atoms with E-state index in [1.165, 1.54) is 6.07 Å². The molecule has 0 fully saturated rings. The number of nitrogens with zero attached hydrogens (tertiary/aromatic N) is 3. The lowest BCUT2D eigenvalue weighted by Gasteiger charge is -2.11. The summed E-state index contributed by atoms with van der Waals surface area (Å²) in [6, 6.07) is 11.0. The Bertz CT molecular complexity index is 920. The molecule has 3 rings (SSSR count). The quantitative estimate of drug-likeness (QED) is 0.701. The van der Waals surface area contributed by atoms with Gasteiger partial charge in [-0.05, 0) is 30.2 Å². The van der Waals surface area contributed by atoms with Crippen molar-refractivity contribution in [2.75, 3.05) is 11.1 Å². The number of nitrogen functional groups attached to an aromatic ring is 1. The number of halogens is 2. The lowest BCUT2D eigenvalue weighted by Crippen LogP contribution is -2.10. The largest absolute Gasteiger partial charge is 0.485 e. The van der Waals surface area contributed by atoms with Crippen molar-refractivity contribution in [3.05, 3.63) is 65.5 Å². The molecule has 26 heavy (non-hydrogen) atoms. The molecule has 0 spiro atoms. The molecule has 0 radical (unpaired) electrons. The maximum atomic E-state index is 13.2. The van der Waals surface area contributed by atoms with Gasteiger partial charge in [-0.3, -0.25) is 0 Å². The maximum absolute atomic E-state index is 13.2. The number of nitrogens with one attached hydrogen (secondary N) is 1. The lowest BCUT2D eigenvalue weighted by atomic mass is 10.1. The van der Waals surface area contributed by atoms with E-state index in [2.05, 4.69) is 20.3 Å². The first-order valence-corrected chi connectivity index (χ1v) is 7.98. The molecule has 2 aromatic carbocycles. The summed E-state index contributed by atoms with van der Waals surface area (Å²) in [5.74, 6) is -1.20. The normalized spacial score (nSPS) is 10.6. The van der Waals surface area contributed by atoms with Crippen molar-refractivity contribution in [1.29, 1.82) is 0 Å². The van der Waals surface area contributed by atoms with Crippen LogP contribution in [0.1, 0.15) is 18.3 Å². The van der Waals surface area contributed by atoms with Gasteiger partial charge in [-0.1, -0.05) is 25.1 Å². The highest BCUT2D eigenvalue weighted by Crippen LogP contribution is 2.20. The summed E-state index contributed by atoms with van der Waals surface area (Å²) in [4.78, 5) is 12.3. The molecule has 0 bridgehead atoms. The van der Waals surface area contributed by atoms with Gasteiger partial charge in [0.1, 0.15) is 12.4 Å². The standard InChI is InChI=1S/C18H17F2N5O/c1-2-11-5-3-4-6-15(11)22-18-24-16(23-17(21)25-18)10-26-12-7-8-13(19)14(20)9-12/h3-9H,2,10H2,1H3,(H3,21,22,23,24,25). The van der Waals surface area contributed by atoms with Gasteiger partial charge in [0.25, 0.3) is 0 Å². The molecule has 0 unspecified atom stereocenters. The van der Waals surface area contributed by atoms with Crippen LogP contribution >= 0.6 is 0 Å². The number of hydrogen-bond acceptors (Lipinski definition) is 6. The number of hydrogen-bond donors (Lipinski definition) is 2. The van der Waals surface area contributed by atoms with Crippen LogP contribution < -0.4 is 15.8 Å². The molecule has 8 heteroatoms. The molecular weight excluding hydrogens is 340 g/mol. The first-order chi connectivity index (χ1) is 12.5. The van der Waals surface area contributed by atoms with Crippen molar-refractivity contribution >= 4 is 17.6 Å². The molecule has 1 heterocycles. The van der Waals surface area contributed by atoms with Crippen molar-refractivity contribution in [3.8, 4) is 5.75 Å². The third-order valence-electron chi connectivity index (χ3n) is 3.60. The van der Waals surface area contributed by atoms with Crippen molar-refractivity contribution in [2.24, 2.45) is 0 Å². The van der Waals surface area contributed by atoms with Crippen LogP contribution in [0, 0.1) is 11.6 Å². The molecule has 3 N–H and O–H groups in total. The van der Waals surface area contributed by atoms with Gasteiger partial charge in [0.2, 0.25) is 11.9 Å². The molecule has 0 aliphatic rings. The SMILES string of the molecule is CCc1ccccc1Nc1nc(N)nc(COc2ccc(F)c(F)c2)n1. The molecule has 0 aliphatic heterocycles. The highest BCUT2D eigenvalue weighted by molar-refractivity contribution is 5.58. The third-order valence-corrected chi connectivity index (χ3v) is 3.60. The van der Waals surface area contributed by atoms with Crippen molar-refractivity contribution in [1.82, 2.24) is 15.0 Å². The summed E-state index contributed by atoms with van der Waals surface area (Å²) in [5.41, 5.74) is 7.70. The number of ether oxygens (including phenoxy) is 1. The Kier molecular flexibility index (Phi) is 5.21. The zero-order valence-electron chi connectivity index (χ0n) is 14.0. The van der Waals surface area contributed by atoms with E-state index < -0.39 is 11.6 Å². The second kappa shape index (κ2) is 7.73. The molecular formula is C18H17F2N5O. The molecule has 1 aromatic heterocycles. The summed E-state index contributed by atoms with van der Waals surface area (Å²) >= 11 is 0. The predicted octanol–water partition coefficient (Wildman–Crippen LogP) is 3.62. The maximum Gasteiger partial charge on any atom is 0.232 e. The van der Waals surface area contributed by atoms with Gasteiger partial charge < -0.3 is 15.8 Å². The lowest BCUT2D eigenvalue weighted by molar-refractivity contribution is 0.293. The summed E-state index contributed by atoms with van der Waals surface area (Å²) in [5, 5.41) is 3.11. The minimum Gasteiger partial charge on any atom is -0.485 e. The molecule has 0 saturated carbocycles. The van der Waals surface area contributed by atoms with E-state index in [4.69, 9.17) is 10.5 Å². The predicted molar refractivity (Wildman–Crippen MR) is 94.0 cm³/mol. The Balaban J connectivity index is 1.76. The van der Waals surface area contributed by atoms with Crippen LogP contribution in [0.3, 0.4) is 0 Å². The van der Waals surface area contributed by atoms with E-state index >= 15 is 0 Å². The molecule has 6 nitrogen and oxygen atoms in total. The average molecular weight is 357 g/mol. The second-order valence-electron chi connectivity index (χ2n) is 5.43. The van der Waals surface area contributed by atoms with Crippen LogP contribution in [-0.4, -0.2) is 15.0 Å². The van der Waals surface area contributed by atoms with Gasteiger partial charge in [0.15, 0.2) is 17.5 Å². The number of anilines is 3. The van der Waals surface area contributed by atoms with Crippen molar-refractivity contribution in [2.45, 2.75) is 20.0 Å². The Morgan fingerprint density at radius 1 is 1.04 bits per heavy atom. The van der Waals surface area contributed by atoms with E-state index in [1.54, 1.807) is 0 Å². The van der Waals surface area contributed by atoms with Crippen LogP contribution in [0.15, 0.2) is 42.5 Å². The molecule has 3 aromatic rings. The third kappa shape index (κ3) is 4.21. The van der Waals surface area contributed by atoms with Crippen molar-refractivity contribution in [3.63, 3.8) is 0 Å². The van der Waals surface area contributed by atoms with Gasteiger partial charge in [-0.2, -0.15) is 15.0 Å². The second-order valence-corrected chi connectivity index (χ2v) is 5.43. The molecule has 0 aliphatic carbocycles. The van der Waals surface area contributed by atoms with Crippen LogP contribution in [0.25, 0.3) is 0 Å². The van der Waals surface area contributed by atoms with Gasteiger partial charge in [0.05, 0.1) is 0 Å². The summed E-state index contributed by atoms with van der Waals surface area (Å²) in [6.07, 6.45) is 0.843. The summed E-state index contributed by atoms with van der Waals surface area (Å²) < 4.78 is 31.6. The van der Waals surface area contributed by atoms with E-state index in [9.17, 15) is 8.78 Å². The van der Waals surface area contributed by atoms with Crippen LogP contribution in [0.4, 0.5) is 26.4 Å². The minimum atomic E-state index is -0.990. The minimum absolute atomic E-state index is 0.0281. The summed E-state index contributed by atoms with van der Waals surface area (Å²) in [6.45, 7) is 1.98. The number of benzene rings is 2. The Morgan fingerprint density at radius 2 is 1.85 bits per heavy atom. The van der Waals surface area contributed by atoms with Gasteiger partial charge in [0, 0.05) is 11.8 Å². The molecule has 134 valence electrons. The summed E-state index contributed by atoms with van der Waals surface area (Å²) in [7, 11) is 0. The zero-order chi connectivity index (χ0) is 18.5. The first-order valence-electron chi connectivity index (χ1n) is 7.98. The Morgan fingerprint density at radius 3 is 2.62 bits per heavy atom. The van der Waals surface area contributed by atoms with Gasteiger partial charge >= 0.3 is 0 Å². The van der Waals surface area contributed by atoms with Crippen LogP contribution in [0.5, 0.6) is 5.75 Å². The van der Waals surface area contributed by atoms with E-state index in [1.807, 2.05) is 31.2 Å². The van der Waals surface area contributed by atoms with E-state index in [-0.39, 0.29) is 30.1 Å². The van der Waals surface area contributed by atoms with Crippen LogP contribution in [-0.2, 0) is 13.0 Å². The number of para-hydroxylation sites is 1. The molecule has 0 saturated heterocycles. The number of nitrogens with two attached hydrogens (primary N) is 1. The monoisotopic (exact) mass is 357 g/mol. The molecule has 0 atom stereocenters. The van der Waals surface area contributed by atoms with Crippen molar-refractivity contribution < 1.29 is 13.5 Å². The fraction of sp³-hybridized carbons (Fsp3) is 0.167.